The van der Waals surface area contributed by atoms with Gasteiger partial charge in [-0.05, 0) is 12.3 Å². The maximum absolute atomic E-state index is 8.84. The van der Waals surface area contributed by atoms with Crippen LogP contribution in [0.3, 0.4) is 0 Å². The molecule has 0 fully saturated rings. The fraction of sp³-hybridized carbons (Fsp3) is 0.692. The second-order valence-corrected chi connectivity index (χ2v) is 5.01. The number of anilines is 2. The molecule has 0 unspecified atom stereocenters. The minimum atomic E-state index is 0.204. The molecule has 5 nitrogen and oxygen atoms in total. The minimum Gasteiger partial charge on any atom is -0.396 e. The Kier molecular flexibility index (Phi) is 5.85. The van der Waals surface area contributed by atoms with Gasteiger partial charge >= 0.3 is 0 Å². The normalized spacial score (nSPS) is 10.8. The summed E-state index contributed by atoms with van der Waals surface area (Å²) in [4.78, 5) is 12.7. The van der Waals surface area contributed by atoms with Crippen molar-refractivity contribution in [2.75, 3.05) is 43.6 Å². The maximum Gasteiger partial charge on any atom is 0.133 e. The van der Waals surface area contributed by atoms with Crippen LogP contribution in [-0.2, 0) is 0 Å². The van der Waals surface area contributed by atoms with Gasteiger partial charge in [0, 0.05) is 39.9 Å². The SMILES string of the molecule is CC(C)CN(C)c1cc(N(C)CCCO)ncn1. The first kappa shape index (κ1) is 14.7. The van der Waals surface area contributed by atoms with Crippen molar-refractivity contribution < 1.29 is 5.11 Å². The van der Waals surface area contributed by atoms with Crippen LogP contribution in [0, 0.1) is 5.92 Å². The van der Waals surface area contributed by atoms with Crippen LogP contribution in [0.4, 0.5) is 11.6 Å². The summed E-state index contributed by atoms with van der Waals surface area (Å²) in [5, 5.41) is 8.84. The highest BCUT2D eigenvalue weighted by Crippen LogP contribution is 2.16. The molecule has 0 saturated heterocycles. The molecule has 1 heterocycles. The molecule has 0 aliphatic carbocycles. The average Bonchev–Trinajstić information content (AvgIpc) is 2.35. The van der Waals surface area contributed by atoms with Crippen molar-refractivity contribution in [2.45, 2.75) is 20.3 Å². The summed E-state index contributed by atoms with van der Waals surface area (Å²) < 4.78 is 0. The molecule has 18 heavy (non-hydrogen) atoms. The highest BCUT2D eigenvalue weighted by Gasteiger charge is 2.08. The Morgan fingerprint density at radius 1 is 1.17 bits per heavy atom. The van der Waals surface area contributed by atoms with E-state index in [9.17, 15) is 0 Å². The smallest absolute Gasteiger partial charge is 0.133 e. The van der Waals surface area contributed by atoms with Crippen molar-refractivity contribution in [3.8, 4) is 0 Å². The molecule has 0 saturated carbocycles. The standard InChI is InChI=1S/C13H24N4O/c1-11(2)9-17(4)13-8-12(14-10-15-13)16(3)6-5-7-18/h8,10-11,18H,5-7,9H2,1-4H3. The number of rotatable bonds is 7. The number of aliphatic hydroxyl groups is 1. The monoisotopic (exact) mass is 252 g/mol. The van der Waals surface area contributed by atoms with E-state index in [4.69, 9.17) is 5.11 Å². The predicted molar refractivity (Wildman–Crippen MR) is 75.1 cm³/mol. The Morgan fingerprint density at radius 2 is 1.78 bits per heavy atom. The van der Waals surface area contributed by atoms with E-state index < -0.39 is 0 Å². The van der Waals surface area contributed by atoms with Crippen molar-refractivity contribution in [3.05, 3.63) is 12.4 Å². The van der Waals surface area contributed by atoms with Crippen molar-refractivity contribution >= 4 is 11.6 Å². The Bertz CT molecular complexity index is 357. The van der Waals surface area contributed by atoms with Crippen molar-refractivity contribution in [3.63, 3.8) is 0 Å². The van der Waals surface area contributed by atoms with E-state index in [0.717, 1.165) is 31.1 Å². The Balaban J connectivity index is 2.72. The number of aromatic nitrogens is 2. The molecule has 1 aromatic heterocycles. The molecule has 0 amide bonds. The van der Waals surface area contributed by atoms with Crippen LogP contribution in [0.25, 0.3) is 0 Å². The lowest BCUT2D eigenvalue weighted by molar-refractivity contribution is 0.290. The molecule has 1 aromatic rings. The zero-order valence-corrected chi connectivity index (χ0v) is 11.8. The molecule has 1 rings (SSSR count). The lowest BCUT2D eigenvalue weighted by Crippen LogP contribution is -2.25. The molecular weight excluding hydrogens is 228 g/mol. The Hall–Kier alpha value is -1.36. The van der Waals surface area contributed by atoms with Crippen LogP contribution in [0.2, 0.25) is 0 Å². The fourth-order valence-electron chi connectivity index (χ4n) is 1.82. The summed E-state index contributed by atoms with van der Waals surface area (Å²) in [6, 6.07) is 1.99. The molecule has 0 aromatic carbocycles. The lowest BCUT2D eigenvalue weighted by Gasteiger charge is -2.23. The highest BCUT2D eigenvalue weighted by atomic mass is 16.3. The first-order valence-corrected chi connectivity index (χ1v) is 6.39. The van der Waals surface area contributed by atoms with E-state index in [-0.39, 0.29) is 6.61 Å². The molecule has 0 radical (unpaired) electrons. The largest absolute Gasteiger partial charge is 0.396 e. The summed E-state index contributed by atoms with van der Waals surface area (Å²) in [6.45, 7) is 6.34. The topological polar surface area (TPSA) is 52.5 Å². The summed E-state index contributed by atoms with van der Waals surface area (Å²) in [5.74, 6) is 2.43. The van der Waals surface area contributed by atoms with Crippen molar-refractivity contribution in [1.29, 1.82) is 0 Å². The Labute approximate surface area is 109 Å². The summed E-state index contributed by atoms with van der Waals surface area (Å²) in [5.41, 5.74) is 0. The van der Waals surface area contributed by atoms with Gasteiger partial charge in [0.15, 0.2) is 0 Å². The van der Waals surface area contributed by atoms with Gasteiger partial charge < -0.3 is 14.9 Å². The molecule has 0 spiro atoms. The zero-order valence-electron chi connectivity index (χ0n) is 11.8. The van der Waals surface area contributed by atoms with Gasteiger partial charge in [-0.1, -0.05) is 13.8 Å². The minimum absolute atomic E-state index is 0.204. The summed E-state index contributed by atoms with van der Waals surface area (Å²) in [6.07, 6.45) is 2.34. The van der Waals surface area contributed by atoms with Crippen LogP contribution in [0.15, 0.2) is 12.4 Å². The number of nitrogens with zero attached hydrogens (tertiary/aromatic N) is 4. The third kappa shape index (κ3) is 4.49. The number of hydrogen-bond acceptors (Lipinski definition) is 5. The van der Waals surface area contributed by atoms with Gasteiger partial charge in [-0.2, -0.15) is 0 Å². The fourth-order valence-corrected chi connectivity index (χ4v) is 1.82. The van der Waals surface area contributed by atoms with E-state index in [1.165, 1.54) is 0 Å². The van der Waals surface area contributed by atoms with Gasteiger partial charge in [-0.15, -0.1) is 0 Å². The molecule has 5 heteroatoms. The number of hydrogen-bond donors (Lipinski definition) is 1. The van der Waals surface area contributed by atoms with Crippen LogP contribution in [0.5, 0.6) is 0 Å². The van der Waals surface area contributed by atoms with Crippen molar-refractivity contribution in [1.82, 2.24) is 9.97 Å². The average molecular weight is 252 g/mol. The zero-order chi connectivity index (χ0) is 13.5. The van der Waals surface area contributed by atoms with Gasteiger partial charge in [-0.25, -0.2) is 9.97 Å². The van der Waals surface area contributed by atoms with E-state index in [1.54, 1.807) is 6.33 Å². The first-order valence-electron chi connectivity index (χ1n) is 6.39. The summed E-state index contributed by atoms with van der Waals surface area (Å²) in [7, 11) is 4.02. The van der Waals surface area contributed by atoms with Crippen LogP contribution in [-0.4, -0.2) is 48.9 Å². The summed E-state index contributed by atoms with van der Waals surface area (Å²) >= 11 is 0. The van der Waals surface area contributed by atoms with Crippen LogP contribution < -0.4 is 9.80 Å². The van der Waals surface area contributed by atoms with E-state index in [0.29, 0.717) is 5.92 Å². The van der Waals surface area contributed by atoms with Gasteiger partial charge in [0.2, 0.25) is 0 Å². The second-order valence-electron chi connectivity index (χ2n) is 5.01. The van der Waals surface area contributed by atoms with Gasteiger partial charge in [0.05, 0.1) is 0 Å². The maximum atomic E-state index is 8.84. The van der Waals surface area contributed by atoms with E-state index >= 15 is 0 Å². The third-order valence-corrected chi connectivity index (χ3v) is 2.71. The third-order valence-electron chi connectivity index (χ3n) is 2.71. The van der Waals surface area contributed by atoms with Gasteiger partial charge in [0.1, 0.15) is 18.0 Å². The van der Waals surface area contributed by atoms with Crippen LogP contribution >= 0.6 is 0 Å². The second kappa shape index (κ2) is 7.16. The van der Waals surface area contributed by atoms with E-state index in [1.807, 2.05) is 25.1 Å². The Morgan fingerprint density at radius 3 is 2.33 bits per heavy atom. The predicted octanol–water partition coefficient (Wildman–Crippen LogP) is 1.39. The molecule has 1 N–H and O–H groups in total. The lowest BCUT2D eigenvalue weighted by atomic mass is 10.2. The first-order chi connectivity index (χ1) is 8.54. The molecular formula is C13H24N4O. The molecule has 102 valence electrons. The van der Waals surface area contributed by atoms with E-state index in [2.05, 4.69) is 28.7 Å². The molecule has 0 bridgehead atoms. The molecule has 0 aliphatic rings. The van der Waals surface area contributed by atoms with Gasteiger partial charge in [0.25, 0.3) is 0 Å². The molecule has 0 aliphatic heterocycles. The quantitative estimate of drug-likeness (QED) is 0.794. The van der Waals surface area contributed by atoms with Crippen molar-refractivity contribution in [2.24, 2.45) is 5.92 Å². The highest BCUT2D eigenvalue weighted by molar-refractivity contribution is 5.49. The van der Waals surface area contributed by atoms with Crippen LogP contribution in [0.1, 0.15) is 20.3 Å². The number of aliphatic hydroxyl groups excluding tert-OH is 1. The van der Waals surface area contributed by atoms with Gasteiger partial charge in [-0.3, -0.25) is 0 Å². The molecule has 0 atom stereocenters.